The predicted octanol–water partition coefficient (Wildman–Crippen LogP) is 1.86. The molecule has 0 saturated heterocycles. The van der Waals surface area contributed by atoms with Crippen LogP contribution in [0.25, 0.3) is 0 Å². The van der Waals surface area contributed by atoms with Gasteiger partial charge < -0.3 is 10.5 Å². The first-order valence-corrected chi connectivity index (χ1v) is 6.07. The van der Waals surface area contributed by atoms with Crippen LogP contribution >= 0.6 is 0 Å². The van der Waals surface area contributed by atoms with Crippen LogP contribution in [0.2, 0.25) is 0 Å². The first-order valence-electron chi connectivity index (χ1n) is 6.07. The Labute approximate surface area is 95.0 Å². The zero-order valence-electron chi connectivity index (χ0n) is 10.9. The van der Waals surface area contributed by atoms with Crippen molar-refractivity contribution in [1.82, 2.24) is 4.90 Å². The molecule has 1 atom stereocenters. The maximum absolute atomic E-state index is 5.95. The van der Waals surface area contributed by atoms with Gasteiger partial charge in [0, 0.05) is 25.7 Å². The summed E-state index contributed by atoms with van der Waals surface area (Å²) in [6.45, 7) is 6.94. The average molecular weight is 216 g/mol. The first-order chi connectivity index (χ1) is 7.16. The maximum Gasteiger partial charge on any atom is 0.0589 e. The van der Waals surface area contributed by atoms with Gasteiger partial charge in [0.25, 0.3) is 0 Å². The van der Waals surface area contributed by atoms with Gasteiger partial charge in [-0.25, -0.2) is 0 Å². The highest BCUT2D eigenvalue weighted by atomic mass is 16.5. The summed E-state index contributed by atoms with van der Waals surface area (Å²) in [5.41, 5.74) is 6.12. The monoisotopic (exact) mass is 216 g/mol. The molecule has 3 nitrogen and oxygen atoms in total. The minimum absolute atomic E-state index is 0.175. The number of likely N-dealkylation sites (N-methyl/N-ethyl adjacent to an activating group) is 1. The third-order valence-electron chi connectivity index (χ3n) is 3.47. The molecule has 0 aliphatic heterocycles. The number of rotatable bonds is 9. The topological polar surface area (TPSA) is 38.5 Å². The van der Waals surface area contributed by atoms with Crippen molar-refractivity contribution in [1.29, 1.82) is 0 Å². The summed E-state index contributed by atoms with van der Waals surface area (Å²) in [6.07, 6.45) is 4.79. The molecule has 0 radical (unpaired) electrons. The molecule has 1 unspecified atom stereocenters. The molecule has 0 aromatic rings. The highest BCUT2D eigenvalue weighted by Crippen LogP contribution is 2.23. The Balaban J connectivity index is 4.30. The lowest BCUT2D eigenvalue weighted by molar-refractivity contribution is 0.0719. The minimum Gasteiger partial charge on any atom is -0.383 e. The van der Waals surface area contributed by atoms with Crippen molar-refractivity contribution in [2.45, 2.75) is 45.1 Å². The largest absolute Gasteiger partial charge is 0.383 e. The second-order valence-corrected chi connectivity index (χ2v) is 4.30. The van der Waals surface area contributed by atoms with Gasteiger partial charge in [0.15, 0.2) is 0 Å². The SMILES string of the molecule is CCCCC(CC)(CN)N(C)CCOC. The van der Waals surface area contributed by atoms with Gasteiger partial charge in [-0.3, -0.25) is 4.90 Å². The zero-order valence-corrected chi connectivity index (χ0v) is 10.9. The predicted molar refractivity (Wildman–Crippen MR) is 66.1 cm³/mol. The Morgan fingerprint density at radius 3 is 2.40 bits per heavy atom. The molecule has 0 aliphatic rings. The lowest BCUT2D eigenvalue weighted by atomic mass is 9.88. The third kappa shape index (κ3) is 4.49. The van der Waals surface area contributed by atoms with E-state index >= 15 is 0 Å². The molecule has 0 amide bonds. The Morgan fingerprint density at radius 2 is 2.00 bits per heavy atom. The summed E-state index contributed by atoms with van der Waals surface area (Å²) in [7, 11) is 3.90. The molecule has 0 aliphatic carbocycles. The van der Waals surface area contributed by atoms with Crippen LogP contribution in [0, 0.1) is 0 Å². The summed E-state index contributed by atoms with van der Waals surface area (Å²) in [5.74, 6) is 0. The van der Waals surface area contributed by atoms with Crippen molar-refractivity contribution in [3.8, 4) is 0 Å². The second-order valence-electron chi connectivity index (χ2n) is 4.30. The molecule has 2 N–H and O–H groups in total. The summed E-state index contributed by atoms with van der Waals surface area (Å²) < 4.78 is 5.12. The summed E-state index contributed by atoms with van der Waals surface area (Å²) in [5, 5.41) is 0. The standard InChI is InChI=1S/C12H28N2O/c1-5-7-8-12(6-2,11-13)14(3)9-10-15-4/h5-11,13H2,1-4H3. The van der Waals surface area contributed by atoms with Crippen LogP contribution < -0.4 is 5.73 Å². The molecule has 15 heavy (non-hydrogen) atoms. The van der Waals surface area contributed by atoms with E-state index in [0.29, 0.717) is 0 Å². The quantitative estimate of drug-likeness (QED) is 0.639. The number of nitrogens with two attached hydrogens (primary N) is 1. The van der Waals surface area contributed by atoms with Gasteiger partial charge in [0.2, 0.25) is 0 Å². The van der Waals surface area contributed by atoms with Gasteiger partial charge >= 0.3 is 0 Å². The molecular weight excluding hydrogens is 188 g/mol. The third-order valence-corrected chi connectivity index (χ3v) is 3.47. The van der Waals surface area contributed by atoms with E-state index in [9.17, 15) is 0 Å². The van der Waals surface area contributed by atoms with Crippen LogP contribution in [0.1, 0.15) is 39.5 Å². The normalized spacial score (nSPS) is 15.6. The minimum atomic E-state index is 0.175. The Morgan fingerprint density at radius 1 is 1.33 bits per heavy atom. The van der Waals surface area contributed by atoms with Crippen LogP contribution in [0.15, 0.2) is 0 Å². The Hall–Kier alpha value is -0.120. The van der Waals surface area contributed by atoms with Crippen molar-refractivity contribution in [2.24, 2.45) is 5.73 Å². The fraction of sp³-hybridized carbons (Fsp3) is 1.00. The lowest BCUT2D eigenvalue weighted by Gasteiger charge is -2.41. The molecule has 0 bridgehead atoms. The Kier molecular flexibility index (Phi) is 8.02. The van der Waals surface area contributed by atoms with Gasteiger partial charge in [-0.15, -0.1) is 0 Å². The summed E-state index contributed by atoms with van der Waals surface area (Å²) in [6, 6.07) is 0. The molecule has 0 aromatic carbocycles. The average Bonchev–Trinajstić information content (AvgIpc) is 2.28. The van der Waals surface area contributed by atoms with Crippen LogP contribution in [0.5, 0.6) is 0 Å². The number of unbranched alkanes of at least 4 members (excludes halogenated alkanes) is 1. The van der Waals surface area contributed by atoms with E-state index in [0.717, 1.165) is 26.1 Å². The molecule has 0 heterocycles. The van der Waals surface area contributed by atoms with Crippen LogP contribution in [-0.4, -0.2) is 44.3 Å². The fourth-order valence-electron chi connectivity index (χ4n) is 2.01. The van der Waals surface area contributed by atoms with Gasteiger partial charge in [-0.05, 0) is 19.9 Å². The molecule has 3 heteroatoms. The van der Waals surface area contributed by atoms with Crippen molar-refractivity contribution >= 4 is 0 Å². The molecule has 0 aromatic heterocycles. The first kappa shape index (κ1) is 14.9. The number of hydrogen-bond acceptors (Lipinski definition) is 3. The van der Waals surface area contributed by atoms with Gasteiger partial charge in [0.05, 0.1) is 6.61 Å². The van der Waals surface area contributed by atoms with Gasteiger partial charge in [-0.1, -0.05) is 26.7 Å². The van der Waals surface area contributed by atoms with Crippen molar-refractivity contribution in [3.05, 3.63) is 0 Å². The zero-order chi connectivity index (χ0) is 11.7. The van der Waals surface area contributed by atoms with E-state index < -0.39 is 0 Å². The van der Waals surface area contributed by atoms with Crippen molar-refractivity contribution < 1.29 is 4.74 Å². The van der Waals surface area contributed by atoms with Crippen molar-refractivity contribution in [3.63, 3.8) is 0 Å². The molecule has 0 rings (SSSR count). The van der Waals surface area contributed by atoms with Crippen molar-refractivity contribution in [2.75, 3.05) is 33.9 Å². The lowest BCUT2D eigenvalue weighted by Crippen LogP contribution is -2.52. The smallest absolute Gasteiger partial charge is 0.0589 e. The van der Waals surface area contributed by atoms with E-state index in [-0.39, 0.29) is 5.54 Å². The van der Waals surface area contributed by atoms with Crippen LogP contribution in [0.3, 0.4) is 0 Å². The van der Waals surface area contributed by atoms with Gasteiger partial charge in [-0.2, -0.15) is 0 Å². The fourth-order valence-corrected chi connectivity index (χ4v) is 2.01. The second kappa shape index (κ2) is 8.08. The van der Waals surface area contributed by atoms with Crippen LogP contribution in [0.4, 0.5) is 0 Å². The maximum atomic E-state index is 5.95. The Bertz CT molecular complexity index is 147. The summed E-state index contributed by atoms with van der Waals surface area (Å²) in [4.78, 5) is 2.37. The molecule has 0 spiro atoms. The number of methoxy groups -OCH3 is 1. The number of hydrogen-bond donors (Lipinski definition) is 1. The summed E-state index contributed by atoms with van der Waals surface area (Å²) >= 11 is 0. The van der Waals surface area contributed by atoms with E-state index in [1.54, 1.807) is 7.11 Å². The molecule has 0 saturated carbocycles. The molecule has 92 valence electrons. The van der Waals surface area contributed by atoms with E-state index in [4.69, 9.17) is 10.5 Å². The number of ether oxygens (including phenoxy) is 1. The van der Waals surface area contributed by atoms with E-state index in [1.165, 1.54) is 19.3 Å². The van der Waals surface area contributed by atoms with E-state index in [1.807, 2.05) is 0 Å². The highest BCUT2D eigenvalue weighted by Gasteiger charge is 2.30. The molecular formula is C12H28N2O. The van der Waals surface area contributed by atoms with Gasteiger partial charge in [0.1, 0.15) is 0 Å². The number of nitrogens with zero attached hydrogens (tertiary/aromatic N) is 1. The van der Waals surface area contributed by atoms with E-state index in [2.05, 4.69) is 25.8 Å². The highest BCUT2D eigenvalue weighted by molar-refractivity contribution is 4.88. The molecule has 0 fully saturated rings. The van der Waals surface area contributed by atoms with Crippen LogP contribution in [-0.2, 0) is 4.74 Å².